The number of hydrogen-bond donors (Lipinski definition) is 1. The van der Waals surface area contributed by atoms with Crippen LogP contribution in [-0.2, 0) is 6.42 Å². The molecule has 1 nitrogen and oxygen atoms in total. The Balaban J connectivity index is 2.28. The average Bonchev–Trinajstić information content (AvgIpc) is 2.36. The van der Waals surface area contributed by atoms with Crippen LogP contribution in [0.5, 0.6) is 0 Å². The lowest BCUT2D eigenvalue weighted by Crippen LogP contribution is -2.15. The van der Waals surface area contributed by atoms with Crippen LogP contribution >= 0.6 is 11.6 Å². The van der Waals surface area contributed by atoms with Crippen LogP contribution in [0.2, 0.25) is 5.02 Å². The molecular formula is C16H17ClFN. The number of nitrogens with two attached hydrogens (primary N) is 1. The first kappa shape index (κ1) is 14.0. The van der Waals surface area contributed by atoms with Crippen molar-refractivity contribution in [1.29, 1.82) is 0 Å². The molecule has 0 fully saturated rings. The zero-order chi connectivity index (χ0) is 14.0. The van der Waals surface area contributed by atoms with Crippen LogP contribution in [0.25, 0.3) is 0 Å². The van der Waals surface area contributed by atoms with E-state index in [0.29, 0.717) is 17.0 Å². The van der Waals surface area contributed by atoms with Crippen molar-refractivity contribution in [3.8, 4) is 0 Å². The first-order chi connectivity index (χ1) is 8.99. The van der Waals surface area contributed by atoms with Crippen molar-refractivity contribution in [2.75, 3.05) is 0 Å². The van der Waals surface area contributed by atoms with Gasteiger partial charge in [0.05, 0.1) is 0 Å². The van der Waals surface area contributed by atoms with E-state index in [-0.39, 0.29) is 11.9 Å². The smallest absolute Gasteiger partial charge is 0.127 e. The average molecular weight is 278 g/mol. The van der Waals surface area contributed by atoms with Crippen molar-refractivity contribution in [2.24, 2.45) is 5.73 Å². The highest BCUT2D eigenvalue weighted by Crippen LogP contribution is 2.27. The third-order valence-corrected chi connectivity index (χ3v) is 3.71. The molecule has 0 saturated carbocycles. The van der Waals surface area contributed by atoms with Crippen molar-refractivity contribution in [3.63, 3.8) is 0 Å². The summed E-state index contributed by atoms with van der Waals surface area (Å²) in [5.74, 6) is -0.295. The third kappa shape index (κ3) is 3.14. The molecule has 2 aromatic rings. The molecule has 0 aromatic heterocycles. The Bertz CT molecular complexity index is 595. The number of rotatable bonds is 3. The van der Waals surface area contributed by atoms with E-state index in [1.807, 2.05) is 12.1 Å². The predicted octanol–water partition coefficient (Wildman–Crippen LogP) is 4.34. The van der Waals surface area contributed by atoms with E-state index in [1.54, 1.807) is 13.0 Å². The first-order valence-electron chi connectivity index (χ1n) is 6.24. The van der Waals surface area contributed by atoms with Gasteiger partial charge in [-0.25, -0.2) is 4.39 Å². The molecule has 0 spiro atoms. The lowest BCUT2D eigenvalue weighted by Gasteiger charge is -2.16. The van der Waals surface area contributed by atoms with Gasteiger partial charge in [-0.2, -0.15) is 0 Å². The zero-order valence-electron chi connectivity index (χ0n) is 11.1. The summed E-state index contributed by atoms with van der Waals surface area (Å²) in [4.78, 5) is 0. The standard InChI is InChI=1S/C16H17ClFN/c1-10-5-3-4-6-12(10)8-16(19)13-7-11(2)15(18)9-14(13)17/h3-7,9,16H,8,19H2,1-2H3. The molecule has 0 aliphatic carbocycles. The Morgan fingerprint density at radius 1 is 1.16 bits per heavy atom. The number of aryl methyl sites for hydroxylation is 2. The second kappa shape index (κ2) is 5.72. The molecule has 2 aromatic carbocycles. The zero-order valence-corrected chi connectivity index (χ0v) is 11.8. The summed E-state index contributed by atoms with van der Waals surface area (Å²) >= 11 is 6.08. The minimum absolute atomic E-state index is 0.229. The van der Waals surface area contributed by atoms with Gasteiger partial charge in [-0.15, -0.1) is 0 Å². The molecule has 0 aliphatic rings. The van der Waals surface area contributed by atoms with E-state index in [9.17, 15) is 4.39 Å². The lowest BCUT2D eigenvalue weighted by atomic mass is 9.96. The van der Waals surface area contributed by atoms with Crippen LogP contribution in [0, 0.1) is 19.7 Å². The minimum atomic E-state index is -0.295. The van der Waals surface area contributed by atoms with Crippen molar-refractivity contribution >= 4 is 11.6 Å². The Morgan fingerprint density at radius 2 is 1.84 bits per heavy atom. The molecule has 19 heavy (non-hydrogen) atoms. The Labute approximate surface area is 118 Å². The minimum Gasteiger partial charge on any atom is -0.324 e. The molecule has 0 aliphatic heterocycles. The molecule has 0 heterocycles. The van der Waals surface area contributed by atoms with Gasteiger partial charge in [0.25, 0.3) is 0 Å². The monoisotopic (exact) mass is 277 g/mol. The van der Waals surface area contributed by atoms with E-state index < -0.39 is 0 Å². The normalized spacial score (nSPS) is 12.5. The van der Waals surface area contributed by atoms with Crippen LogP contribution in [0.3, 0.4) is 0 Å². The molecule has 2 N–H and O–H groups in total. The van der Waals surface area contributed by atoms with Gasteiger partial charge in [0.1, 0.15) is 5.82 Å². The molecule has 0 bridgehead atoms. The van der Waals surface area contributed by atoms with Gasteiger partial charge in [-0.1, -0.05) is 41.9 Å². The summed E-state index contributed by atoms with van der Waals surface area (Å²) in [6.45, 7) is 3.77. The first-order valence-corrected chi connectivity index (χ1v) is 6.62. The summed E-state index contributed by atoms with van der Waals surface area (Å²) in [5.41, 5.74) is 9.96. The number of halogens is 2. The van der Waals surface area contributed by atoms with E-state index in [2.05, 4.69) is 19.1 Å². The van der Waals surface area contributed by atoms with Gasteiger partial charge < -0.3 is 5.73 Å². The van der Waals surface area contributed by atoms with Crippen LogP contribution in [0.1, 0.15) is 28.3 Å². The van der Waals surface area contributed by atoms with Crippen molar-refractivity contribution in [1.82, 2.24) is 0 Å². The van der Waals surface area contributed by atoms with Crippen molar-refractivity contribution < 1.29 is 4.39 Å². The van der Waals surface area contributed by atoms with Crippen LogP contribution in [-0.4, -0.2) is 0 Å². The maximum Gasteiger partial charge on any atom is 0.127 e. The van der Waals surface area contributed by atoms with Crippen molar-refractivity contribution in [2.45, 2.75) is 26.3 Å². The highest BCUT2D eigenvalue weighted by atomic mass is 35.5. The van der Waals surface area contributed by atoms with Gasteiger partial charge in [-0.05, 0) is 48.6 Å². The van der Waals surface area contributed by atoms with Crippen molar-refractivity contribution in [3.05, 3.63) is 69.5 Å². The lowest BCUT2D eigenvalue weighted by molar-refractivity contribution is 0.615. The molecule has 1 unspecified atom stereocenters. The molecule has 3 heteroatoms. The molecule has 1 atom stereocenters. The molecule has 2 rings (SSSR count). The Hall–Kier alpha value is -1.38. The van der Waals surface area contributed by atoms with E-state index in [0.717, 1.165) is 5.56 Å². The molecular weight excluding hydrogens is 261 g/mol. The quantitative estimate of drug-likeness (QED) is 0.887. The Kier molecular flexibility index (Phi) is 4.23. The highest BCUT2D eigenvalue weighted by molar-refractivity contribution is 6.31. The fourth-order valence-electron chi connectivity index (χ4n) is 2.15. The topological polar surface area (TPSA) is 26.0 Å². The summed E-state index contributed by atoms with van der Waals surface area (Å²) in [7, 11) is 0. The second-order valence-electron chi connectivity index (χ2n) is 4.86. The molecule has 100 valence electrons. The fourth-order valence-corrected chi connectivity index (χ4v) is 2.44. The Morgan fingerprint density at radius 3 is 2.53 bits per heavy atom. The van der Waals surface area contributed by atoms with Gasteiger partial charge in [0.15, 0.2) is 0 Å². The highest BCUT2D eigenvalue weighted by Gasteiger charge is 2.14. The van der Waals surface area contributed by atoms with Gasteiger partial charge in [0, 0.05) is 11.1 Å². The molecule has 0 amide bonds. The van der Waals surface area contributed by atoms with Crippen LogP contribution < -0.4 is 5.73 Å². The van der Waals surface area contributed by atoms with E-state index >= 15 is 0 Å². The fraction of sp³-hybridized carbons (Fsp3) is 0.250. The second-order valence-corrected chi connectivity index (χ2v) is 5.27. The van der Waals surface area contributed by atoms with Gasteiger partial charge in [-0.3, -0.25) is 0 Å². The third-order valence-electron chi connectivity index (χ3n) is 3.38. The van der Waals surface area contributed by atoms with E-state index in [4.69, 9.17) is 17.3 Å². The predicted molar refractivity (Wildman–Crippen MR) is 78.0 cm³/mol. The van der Waals surface area contributed by atoms with Crippen LogP contribution in [0.15, 0.2) is 36.4 Å². The number of benzene rings is 2. The summed E-state index contributed by atoms with van der Waals surface area (Å²) in [6, 6.07) is 10.9. The maximum atomic E-state index is 13.4. The van der Waals surface area contributed by atoms with Gasteiger partial charge >= 0.3 is 0 Å². The summed E-state index contributed by atoms with van der Waals surface area (Å²) < 4.78 is 13.4. The van der Waals surface area contributed by atoms with Crippen LogP contribution in [0.4, 0.5) is 4.39 Å². The van der Waals surface area contributed by atoms with E-state index in [1.165, 1.54) is 17.2 Å². The maximum absolute atomic E-state index is 13.4. The van der Waals surface area contributed by atoms with Gasteiger partial charge in [0.2, 0.25) is 0 Å². The number of hydrogen-bond acceptors (Lipinski definition) is 1. The summed E-state index contributed by atoms with van der Waals surface area (Å²) in [6.07, 6.45) is 0.692. The SMILES string of the molecule is Cc1cc(C(N)Cc2ccccc2C)c(Cl)cc1F. The molecule has 0 radical (unpaired) electrons. The summed E-state index contributed by atoms with van der Waals surface area (Å²) in [5, 5.41) is 0.393. The molecule has 0 saturated heterocycles. The largest absolute Gasteiger partial charge is 0.324 e.